The van der Waals surface area contributed by atoms with Crippen molar-refractivity contribution < 1.29 is 9.53 Å². The van der Waals surface area contributed by atoms with Gasteiger partial charge in [-0.1, -0.05) is 0 Å². The van der Waals surface area contributed by atoms with Crippen LogP contribution < -0.4 is 0 Å². The Morgan fingerprint density at radius 2 is 2.58 bits per heavy atom. The first kappa shape index (κ1) is 8.23. The molecule has 0 radical (unpaired) electrons. The number of rotatable bonds is 1. The van der Waals surface area contributed by atoms with E-state index >= 15 is 0 Å². The molecule has 2 atom stereocenters. The van der Waals surface area contributed by atoms with Gasteiger partial charge in [0.15, 0.2) is 0 Å². The Bertz CT molecular complexity index is 197. The monoisotopic (exact) mass is 187 g/mol. The summed E-state index contributed by atoms with van der Waals surface area (Å²) in [4.78, 5) is 13.2. The van der Waals surface area contributed by atoms with Gasteiger partial charge in [-0.15, -0.1) is 0 Å². The maximum Gasteiger partial charge on any atom is 0.410 e. The van der Waals surface area contributed by atoms with Crippen LogP contribution in [0.25, 0.3) is 0 Å². The van der Waals surface area contributed by atoms with Crippen LogP contribution in [0.5, 0.6) is 0 Å². The Balaban J connectivity index is 1.93. The van der Waals surface area contributed by atoms with E-state index in [9.17, 15) is 4.79 Å². The molecule has 2 aliphatic heterocycles. The van der Waals surface area contributed by atoms with E-state index in [2.05, 4.69) is 0 Å². The SMILES string of the molecule is CCOC(=O)N1C[C@@H]2CC1CS2. The van der Waals surface area contributed by atoms with Gasteiger partial charge in [0.1, 0.15) is 0 Å². The van der Waals surface area contributed by atoms with Gasteiger partial charge in [-0.3, -0.25) is 0 Å². The summed E-state index contributed by atoms with van der Waals surface area (Å²) in [6, 6.07) is 0.457. The Morgan fingerprint density at radius 1 is 1.75 bits per heavy atom. The molecule has 2 saturated heterocycles. The summed E-state index contributed by atoms with van der Waals surface area (Å²) in [5, 5.41) is 0.680. The molecule has 2 bridgehead atoms. The Labute approximate surface area is 76.4 Å². The summed E-state index contributed by atoms with van der Waals surface area (Å²) in [6.45, 7) is 3.23. The van der Waals surface area contributed by atoms with Crippen LogP contribution in [0.15, 0.2) is 0 Å². The molecule has 3 nitrogen and oxygen atoms in total. The summed E-state index contributed by atoms with van der Waals surface area (Å²) < 4.78 is 4.96. The van der Waals surface area contributed by atoms with Gasteiger partial charge in [0.05, 0.1) is 6.61 Å². The number of nitrogens with zero attached hydrogens (tertiary/aromatic N) is 1. The highest BCUT2D eigenvalue weighted by molar-refractivity contribution is 8.00. The number of ether oxygens (including phenoxy) is 1. The molecule has 0 N–H and O–H groups in total. The zero-order chi connectivity index (χ0) is 8.55. The van der Waals surface area contributed by atoms with Crippen molar-refractivity contribution in [2.45, 2.75) is 24.6 Å². The van der Waals surface area contributed by atoms with Crippen LogP contribution in [0.3, 0.4) is 0 Å². The minimum Gasteiger partial charge on any atom is -0.450 e. The highest BCUT2D eigenvalue weighted by Gasteiger charge is 2.41. The van der Waals surface area contributed by atoms with Gasteiger partial charge in [-0.25, -0.2) is 4.79 Å². The van der Waals surface area contributed by atoms with E-state index in [0.717, 1.165) is 12.3 Å². The number of likely N-dealkylation sites (tertiary alicyclic amines) is 1. The summed E-state index contributed by atoms with van der Waals surface area (Å²) in [5.74, 6) is 1.10. The molecule has 2 heterocycles. The second-order valence-corrected chi connectivity index (χ2v) is 4.53. The second kappa shape index (κ2) is 3.17. The lowest BCUT2D eigenvalue weighted by atomic mass is 10.2. The molecule has 68 valence electrons. The third-order valence-electron chi connectivity index (χ3n) is 2.40. The Morgan fingerprint density at radius 3 is 3.08 bits per heavy atom. The van der Waals surface area contributed by atoms with Gasteiger partial charge >= 0.3 is 6.09 Å². The van der Waals surface area contributed by atoms with Crippen molar-refractivity contribution in [1.29, 1.82) is 0 Å². The van der Waals surface area contributed by atoms with E-state index in [1.807, 2.05) is 23.6 Å². The number of carbonyl (C=O) groups excluding carboxylic acids is 1. The molecule has 0 spiro atoms. The lowest BCUT2D eigenvalue weighted by Gasteiger charge is -2.25. The average molecular weight is 187 g/mol. The molecule has 2 fully saturated rings. The number of amides is 1. The Hall–Kier alpha value is -0.380. The van der Waals surface area contributed by atoms with Crippen LogP contribution in [0, 0.1) is 0 Å². The number of carbonyl (C=O) groups is 1. The molecule has 0 aliphatic carbocycles. The first-order valence-corrected chi connectivity index (χ1v) is 5.41. The van der Waals surface area contributed by atoms with Gasteiger partial charge in [-0.2, -0.15) is 11.8 Å². The molecule has 0 aromatic heterocycles. The van der Waals surface area contributed by atoms with Crippen molar-refractivity contribution >= 4 is 17.9 Å². The fourth-order valence-corrected chi connectivity index (χ4v) is 3.26. The van der Waals surface area contributed by atoms with Crippen molar-refractivity contribution in [3.05, 3.63) is 0 Å². The standard InChI is InChI=1S/C8H13NO2S/c1-2-11-8(10)9-4-7-3-6(9)5-12-7/h6-7H,2-5H2,1H3/t6?,7-/m0/s1. The smallest absolute Gasteiger partial charge is 0.410 e. The van der Waals surface area contributed by atoms with Crippen molar-refractivity contribution in [2.24, 2.45) is 0 Å². The number of hydrogen-bond donors (Lipinski definition) is 0. The Kier molecular flexibility index (Phi) is 2.17. The molecule has 1 unspecified atom stereocenters. The fraction of sp³-hybridized carbons (Fsp3) is 0.875. The topological polar surface area (TPSA) is 29.5 Å². The predicted octanol–water partition coefficient (Wildman–Crippen LogP) is 1.33. The van der Waals surface area contributed by atoms with Crippen LogP contribution in [0.1, 0.15) is 13.3 Å². The molecule has 0 saturated carbocycles. The third-order valence-corrected chi connectivity index (χ3v) is 3.79. The number of hydrogen-bond acceptors (Lipinski definition) is 3. The normalized spacial score (nSPS) is 32.6. The largest absolute Gasteiger partial charge is 0.450 e. The van der Waals surface area contributed by atoms with E-state index in [0.29, 0.717) is 17.9 Å². The van der Waals surface area contributed by atoms with Crippen molar-refractivity contribution in [2.75, 3.05) is 18.9 Å². The maximum absolute atomic E-state index is 11.3. The molecule has 12 heavy (non-hydrogen) atoms. The fourth-order valence-electron chi connectivity index (χ4n) is 1.83. The summed E-state index contributed by atoms with van der Waals surface area (Å²) in [7, 11) is 0. The van der Waals surface area contributed by atoms with E-state index in [1.54, 1.807) is 0 Å². The lowest BCUT2D eigenvalue weighted by molar-refractivity contribution is 0.105. The van der Waals surface area contributed by atoms with Crippen LogP contribution in [-0.4, -0.2) is 41.2 Å². The van der Waals surface area contributed by atoms with E-state index in [1.165, 1.54) is 6.42 Å². The molecular weight excluding hydrogens is 174 g/mol. The maximum atomic E-state index is 11.3. The second-order valence-electron chi connectivity index (χ2n) is 3.20. The van der Waals surface area contributed by atoms with Crippen LogP contribution in [-0.2, 0) is 4.74 Å². The zero-order valence-electron chi connectivity index (χ0n) is 7.16. The van der Waals surface area contributed by atoms with Gasteiger partial charge in [-0.05, 0) is 13.3 Å². The molecule has 0 aromatic rings. The average Bonchev–Trinajstić information content (AvgIpc) is 2.64. The van der Waals surface area contributed by atoms with Gasteiger partial charge in [0.25, 0.3) is 0 Å². The van der Waals surface area contributed by atoms with Gasteiger partial charge in [0, 0.05) is 23.6 Å². The van der Waals surface area contributed by atoms with Gasteiger partial charge in [0.2, 0.25) is 0 Å². The van der Waals surface area contributed by atoms with E-state index in [4.69, 9.17) is 4.74 Å². The van der Waals surface area contributed by atoms with Gasteiger partial charge < -0.3 is 9.64 Å². The highest BCUT2D eigenvalue weighted by Crippen LogP contribution is 2.37. The van der Waals surface area contributed by atoms with Crippen LogP contribution >= 0.6 is 11.8 Å². The zero-order valence-corrected chi connectivity index (χ0v) is 7.97. The molecule has 1 amide bonds. The quantitative estimate of drug-likeness (QED) is 0.620. The van der Waals surface area contributed by atoms with Crippen molar-refractivity contribution in [3.8, 4) is 0 Å². The minimum absolute atomic E-state index is 0.120. The van der Waals surface area contributed by atoms with Crippen molar-refractivity contribution in [1.82, 2.24) is 4.90 Å². The van der Waals surface area contributed by atoms with Crippen LogP contribution in [0.4, 0.5) is 4.79 Å². The summed E-state index contributed by atoms with van der Waals surface area (Å²) in [6.07, 6.45) is 1.05. The van der Waals surface area contributed by atoms with Crippen molar-refractivity contribution in [3.63, 3.8) is 0 Å². The first-order valence-electron chi connectivity index (χ1n) is 4.36. The molecule has 2 rings (SSSR count). The molecule has 2 aliphatic rings. The molecular formula is C8H13NO2S. The van der Waals surface area contributed by atoms with Crippen LogP contribution in [0.2, 0.25) is 0 Å². The molecule has 4 heteroatoms. The number of thioether (sulfide) groups is 1. The lowest BCUT2D eigenvalue weighted by Crippen LogP contribution is -2.39. The molecule has 0 aromatic carbocycles. The first-order chi connectivity index (χ1) is 5.81. The van der Waals surface area contributed by atoms with E-state index in [-0.39, 0.29) is 6.09 Å². The number of fused-ring (bicyclic) bond motifs is 2. The summed E-state index contributed by atoms with van der Waals surface area (Å²) in [5.41, 5.74) is 0. The highest BCUT2D eigenvalue weighted by atomic mass is 32.2. The minimum atomic E-state index is -0.120. The summed E-state index contributed by atoms with van der Waals surface area (Å²) >= 11 is 1.98. The van der Waals surface area contributed by atoms with E-state index < -0.39 is 0 Å². The third kappa shape index (κ3) is 1.28. The predicted molar refractivity (Wildman–Crippen MR) is 48.4 cm³/mol.